The maximum Gasteiger partial charge on any atom is 0.139 e. The maximum atomic E-state index is 9.79. The predicted molar refractivity (Wildman–Crippen MR) is 57.1 cm³/mol. The number of anilines is 1. The molecule has 1 N–H and O–H groups in total. The van der Waals surface area contributed by atoms with Crippen LogP contribution in [0.1, 0.15) is 6.42 Å². The number of halogens is 1. The molecule has 0 bridgehead atoms. The minimum atomic E-state index is -0.387. The Hall–Kier alpha value is -0.540. The lowest BCUT2D eigenvalue weighted by atomic mass is 10.3. The molecular formula is C10H12BrNO. The molecule has 0 spiro atoms. The highest BCUT2D eigenvalue weighted by molar-refractivity contribution is 9.09. The molecule has 0 radical (unpaired) electrons. The van der Waals surface area contributed by atoms with E-state index in [0.717, 1.165) is 18.7 Å². The molecule has 0 aromatic heterocycles. The molecule has 0 saturated carbocycles. The van der Waals surface area contributed by atoms with Crippen LogP contribution in [0.4, 0.5) is 5.69 Å². The summed E-state index contributed by atoms with van der Waals surface area (Å²) in [5.41, 5.74) is 1.09. The molecule has 0 aliphatic carbocycles. The van der Waals surface area contributed by atoms with Crippen molar-refractivity contribution in [1.82, 2.24) is 0 Å². The van der Waals surface area contributed by atoms with Gasteiger partial charge < -0.3 is 10.0 Å². The summed E-state index contributed by atoms with van der Waals surface area (Å²) in [7, 11) is 0. The number of para-hydroxylation sites is 1. The van der Waals surface area contributed by atoms with Crippen LogP contribution in [0.15, 0.2) is 30.3 Å². The van der Waals surface area contributed by atoms with Crippen molar-refractivity contribution in [3.63, 3.8) is 0 Å². The normalized spacial score (nSPS) is 28.0. The van der Waals surface area contributed by atoms with Crippen molar-refractivity contribution < 1.29 is 5.11 Å². The van der Waals surface area contributed by atoms with E-state index in [1.807, 2.05) is 35.2 Å². The summed E-state index contributed by atoms with van der Waals surface area (Å²) in [5.74, 6) is 0. The van der Waals surface area contributed by atoms with Crippen LogP contribution in [0, 0.1) is 0 Å². The third-order valence-electron chi connectivity index (χ3n) is 2.38. The molecule has 3 heteroatoms. The lowest BCUT2D eigenvalue weighted by Gasteiger charge is -2.23. The average molecular weight is 242 g/mol. The van der Waals surface area contributed by atoms with Gasteiger partial charge in [-0.15, -0.1) is 0 Å². The van der Waals surface area contributed by atoms with Crippen LogP contribution in [0.2, 0.25) is 0 Å². The van der Waals surface area contributed by atoms with Crippen LogP contribution < -0.4 is 4.90 Å². The second-order valence-corrected chi connectivity index (χ2v) is 4.42. The number of hydrogen-bond acceptors (Lipinski definition) is 2. The smallest absolute Gasteiger partial charge is 0.139 e. The molecule has 13 heavy (non-hydrogen) atoms. The third kappa shape index (κ3) is 1.71. The fourth-order valence-corrected chi connectivity index (χ4v) is 2.13. The highest BCUT2D eigenvalue weighted by Crippen LogP contribution is 2.27. The molecule has 2 nitrogen and oxygen atoms in total. The van der Waals surface area contributed by atoms with Gasteiger partial charge in [0.15, 0.2) is 0 Å². The van der Waals surface area contributed by atoms with E-state index in [0.29, 0.717) is 0 Å². The van der Waals surface area contributed by atoms with E-state index >= 15 is 0 Å². The minimum Gasteiger partial charge on any atom is -0.372 e. The largest absolute Gasteiger partial charge is 0.372 e. The Morgan fingerprint density at radius 2 is 2.00 bits per heavy atom. The van der Waals surface area contributed by atoms with Gasteiger partial charge in [0.2, 0.25) is 0 Å². The Morgan fingerprint density at radius 1 is 1.31 bits per heavy atom. The molecule has 70 valence electrons. The van der Waals surface area contributed by atoms with Gasteiger partial charge in [-0.05, 0) is 18.6 Å². The fourth-order valence-electron chi connectivity index (χ4n) is 1.64. The first-order chi connectivity index (χ1) is 6.29. The standard InChI is InChI=1S/C10H12BrNO/c11-9-6-7-12(10(9)13)8-4-2-1-3-5-8/h1-5,9-10,13H,6-7H2. The van der Waals surface area contributed by atoms with Gasteiger partial charge in [-0.2, -0.15) is 0 Å². The summed E-state index contributed by atoms with van der Waals surface area (Å²) in [6, 6.07) is 10.0. The topological polar surface area (TPSA) is 23.5 Å². The lowest BCUT2D eigenvalue weighted by molar-refractivity contribution is 0.192. The highest BCUT2D eigenvalue weighted by Gasteiger charge is 2.30. The van der Waals surface area contributed by atoms with Crippen LogP contribution in [0.5, 0.6) is 0 Å². The second kappa shape index (κ2) is 3.68. The molecular weight excluding hydrogens is 230 g/mol. The van der Waals surface area contributed by atoms with Crippen LogP contribution in [-0.4, -0.2) is 22.7 Å². The maximum absolute atomic E-state index is 9.79. The van der Waals surface area contributed by atoms with E-state index in [1.54, 1.807) is 0 Å². The molecule has 1 heterocycles. The van der Waals surface area contributed by atoms with Crippen molar-refractivity contribution in [2.45, 2.75) is 17.5 Å². The number of aliphatic hydroxyl groups is 1. The molecule has 1 aliphatic rings. The third-order valence-corrected chi connectivity index (χ3v) is 3.31. The van der Waals surface area contributed by atoms with E-state index in [4.69, 9.17) is 0 Å². The molecule has 0 amide bonds. The molecule has 2 atom stereocenters. The molecule has 1 aliphatic heterocycles. The van der Waals surface area contributed by atoms with Crippen LogP contribution in [-0.2, 0) is 0 Å². The molecule has 1 aromatic rings. The molecule has 2 rings (SSSR count). The minimum absolute atomic E-state index is 0.202. The summed E-state index contributed by atoms with van der Waals surface area (Å²) in [5, 5.41) is 9.79. The van der Waals surface area contributed by atoms with Gasteiger partial charge in [0, 0.05) is 12.2 Å². The van der Waals surface area contributed by atoms with Gasteiger partial charge >= 0.3 is 0 Å². The van der Waals surface area contributed by atoms with E-state index in [1.165, 1.54) is 0 Å². The van der Waals surface area contributed by atoms with E-state index < -0.39 is 0 Å². The van der Waals surface area contributed by atoms with E-state index in [9.17, 15) is 5.11 Å². The summed E-state index contributed by atoms with van der Waals surface area (Å²) >= 11 is 3.45. The number of nitrogens with zero attached hydrogens (tertiary/aromatic N) is 1. The molecule has 2 unspecified atom stereocenters. The van der Waals surface area contributed by atoms with Crippen molar-refractivity contribution in [3.8, 4) is 0 Å². The zero-order chi connectivity index (χ0) is 9.26. The Morgan fingerprint density at radius 3 is 2.54 bits per heavy atom. The Balaban J connectivity index is 2.19. The molecule has 1 fully saturated rings. The quantitative estimate of drug-likeness (QED) is 0.761. The summed E-state index contributed by atoms with van der Waals surface area (Å²) in [4.78, 5) is 2.21. The van der Waals surface area contributed by atoms with Gasteiger partial charge in [-0.1, -0.05) is 34.1 Å². The summed E-state index contributed by atoms with van der Waals surface area (Å²) in [6.45, 7) is 0.918. The highest BCUT2D eigenvalue weighted by atomic mass is 79.9. The van der Waals surface area contributed by atoms with Crippen molar-refractivity contribution >= 4 is 21.6 Å². The SMILES string of the molecule is OC1C(Br)CCN1c1ccccc1. The van der Waals surface area contributed by atoms with E-state index in [-0.39, 0.29) is 11.1 Å². The first-order valence-corrected chi connectivity index (χ1v) is 5.34. The lowest BCUT2D eigenvalue weighted by Crippen LogP contribution is -2.32. The zero-order valence-electron chi connectivity index (χ0n) is 7.23. The van der Waals surface area contributed by atoms with Crippen LogP contribution in [0.25, 0.3) is 0 Å². The summed E-state index contributed by atoms with van der Waals surface area (Å²) < 4.78 is 0. The van der Waals surface area contributed by atoms with Gasteiger partial charge in [0.1, 0.15) is 6.23 Å². The monoisotopic (exact) mass is 241 g/mol. The fraction of sp³-hybridized carbons (Fsp3) is 0.400. The molecule has 1 saturated heterocycles. The zero-order valence-corrected chi connectivity index (χ0v) is 8.81. The van der Waals surface area contributed by atoms with Gasteiger partial charge in [-0.25, -0.2) is 0 Å². The molecule has 1 aromatic carbocycles. The van der Waals surface area contributed by atoms with Gasteiger partial charge in [-0.3, -0.25) is 0 Å². The number of hydrogen-bond donors (Lipinski definition) is 1. The van der Waals surface area contributed by atoms with Crippen LogP contribution in [0.3, 0.4) is 0 Å². The predicted octanol–water partition coefficient (Wildman–Crippen LogP) is 1.98. The Bertz CT molecular complexity index is 278. The Labute approximate surface area is 86.3 Å². The van der Waals surface area contributed by atoms with Gasteiger partial charge in [0.25, 0.3) is 0 Å². The number of aliphatic hydroxyl groups excluding tert-OH is 1. The average Bonchev–Trinajstić information content (AvgIpc) is 2.49. The van der Waals surface area contributed by atoms with E-state index in [2.05, 4.69) is 15.9 Å². The first-order valence-electron chi connectivity index (χ1n) is 4.43. The summed E-state index contributed by atoms with van der Waals surface area (Å²) in [6.07, 6.45) is 0.609. The number of rotatable bonds is 1. The van der Waals surface area contributed by atoms with Crippen molar-refractivity contribution in [3.05, 3.63) is 30.3 Å². The first kappa shape index (κ1) is 9.03. The van der Waals surface area contributed by atoms with Crippen LogP contribution >= 0.6 is 15.9 Å². The Kier molecular flexibility index (Phi) is 2.56. The van der Waals surface area contributed by atoms with Crippen molar-refractivity contribution in [2.24, 2.45) is 0 Å². The van der Waals surface area contributed by atoms with Crippen molar-refractivity contribution in [1.29, 1.82) is 0 Å². The number of benzene rings is 1. The van der Waals surface area contributed by atoms with Gasteiger partial charge in [0.05, 0.1) is 4.83 Å². The number of alkyl halides is 1. The second-order valence-electron chi connectivity index (χ2n) is 3.25. The van der Waals surface area contributed by atoms with Crippen molar-refractivity contribution in [2.75, 3.05) is 11.4 Å².